The van der Waals surface area contributed by atoms with Crippen LogP contribution in [0.25, 0.3) is 22.5 Å². The molecular formula is C26H25BrN4O4P2. The van der Waals surface area contributed by atoms with Gasteiger partial charge >= 0.3 is 0 Å². The lowest BCUT2D eigenvalue weighted by Crippen LogP contribution is -1.90. The molecule has 1 unspecified atom stereocenters. The third-order valence-corrected chi connectivity index (χ3v) is 6.03. The molecule has 0 aliphatic rings. The zero-order chi connectivity index (χ0) is 27.0. The third kappa shape index (κ3) is 10.3. The lowest BCUT2D eigenvalue weighted by Gasteiger charge is -1.97. The van der Waals surface area contributed by atoms with Crippen LogP contribution in [0.1, 0.15) is 17.3 Å². The molecule has 5 aromatic rings. The predicted molar refractivity (Wildman–Crippen MR) is 154 cm³/mol. The van der Waals surface area contributed by atoms with Crippen molar-refractivity contribution in [3.8, 4) is 22.5 Å². The smallest absolute Gasteiger partial charge is 0.192 e. The van der Waals surface area contributed by atoms with Gasteiger partial charge in [0.2, 0.25) is 0 Å². The minimum absolute atomic E-state index is 0.0462. The summed E-state index contributed by atoms with van der Waals surface area (Å²) in [5.41, 5.74) is 4.90. The molecule has 37 heavy (non-hydrogen) atoms. The van der Waals surface area contributed by atoms with Gasteiger partial charge in [-0.15, -0.1) is 9.24 Å². The summed E-state index contributed by atoms with van der Waals surface area (Å²) in [4.78, 5) is 10.8. The van der Waals surface area contributed by atoms with Gasteiger partial charge in [-0.05, 0) is 54.7 Å². The number of carbonyl (C=O) groups is 1. The van der Waals surface area contributed by atoms with Crippen LogP contribution in [0.4, 0.5) is 0 Å². The lowest BCUT2D eigenvalue weighted by atomic mass is 10.2. The maximum Gasteiger partial charge on any atom is 0.192 e. The molecule has 0 aliphatic heterocycles. The molecule has 2 aromatic heterocycles. The number of halogens is 1. The number of aromatic amines is 2. The van der Waals surface area contributed by atoms with Crippen molar-refractivity contribution in [2.75, 3.05) is 0 Å². The van der Waals surface area contributed by atoms with Gasteiger partial charge in [0.25, 0.3) is 0 Å². The Balaban J connectivity index is 0.000000190. The van der Waals surface area contributed by atoms with E-state index in [0.29, 0.717) is 0 Å². The summed E-state index contributed by atoms with van der Waals surface area (Å²) in [6.45, 7) is 1.56. The summed E-state index contributed by atoms with van der Waals surface area (Å²) in [5.74, 6) is 0.0984. The SMILES string of the molecule is CC(=O)c1cccc(Br)c1.O=Pc1cccc(-c2ccn[nH]2)c1.OO.Pc1cccc(-c2ccn[nH]2)c1. The van der Waals surface area contributed by atoms with E-state index in [2.05, 4.69) is 57.7 Å². The van der Waals surface area contributed by atoms with Crippen molar-refractivity contribution in [3.05, 3.63) is 107 Å². The molecule has 11 heteroatoms. The van der Waals surface area contributed by atoms with Gasteiger partial charge in [-0.2, -0.15) is 10.2 Å². The van der Waals surface area contributed by atoms with Crippen LogP contribution in [-0.2, 0) is 4.57 Å². The van der Waals surface area contributed by atoms with Crippen molar-refractivity contribution < 1.29 is 19.9 Å². The van der Waals surface area contributed by atoms with Crippen LogP contribution in [0.15, 0.2) is 102 Å². The predicted octanol–water partition coefficient (Wildman–Crippen LogP) is 6.24. The van der Waals surface area contributed by atoms with Crippen molar-refractivity contribution in [3.63, 3.8) is 0 Å². The van der Waals surface area contributed by atoms with E-state index in [-0.39, 0.29) is 14.2 Å². The first-order valence-electron chi connectivity index (χ1n) is 10.7. The highest BCUT2D eigenvalue weighted by Crippen LogP contribution is 2.16. The number of hydrogen-bond acceptors (Lipinski definition) is 6. The van der Waals surface area contributed by atoms with Gasteiger partial charge < -0.3 is 0 Å². The quantitative estimate of drug-likeness (QED) is 0.0837. The molecule has 5 rings (SSSR count). The van der Waals surface area contributed by atoms with Crippen molar-refractivity contribution in [1.82, 2.24) is 20.4 Å². The van der Waals surface area contributed by atoms with Crippen LogP contribution >= 0.6 is 33.6 Å². The Morgan fingerprint density at radius 3 is 1.86 bits per heavy atom. The molecule has 190 valence electrons. The molecule has 0 bridgehead atoms. The van der Waals surface area contributed by atoms with E-state index in [1.807, 2.05) is 66.7 Å². The number of benzene rings is 3. The standard InChI is InChI=1S/C9H7N2OP.C9H9N2P.C8H7BrO.H2O2/c12-13-8-3-1-2-7(6-8)9-4-5-10-11-9;12-8-3-1-2-7(6-8)9-4-5-10-11-9;1-6(10)7-3-2-4-8(9)5-7;1-2/h1-6H,(H,10,11);1-6H,12H2,(H,10,11);2-5H,1H3;1-2H. The maximum atomic E-state index is 10.8. The molecular weight excluding hydrogens is 574 g/mol. The van der Waals surface area contributed by atoms with Gasteiger partial charge in [0.1, 0.15) is 0 Å². The fourth-order valence-corrected chi connectivity index (χ4v) is 4.01. The summed E-state index contributed by atoms with van der Waals surface area (Å²) in [6, 6.07) is 26.9. The first-order valence-corrected chi connectivity index (χ1v) is 12.9. The Kier molecular flexibility index (Phi) is 13.3. The zero-order valence-corrected chi connectivity index (χ0v) is 23.4. The van der Waals surface area contributed by atoms with E-state index in [4.69, 9.17) is 10.5 Å². The van der Waals surface area contributed by atoms with Gasteiger partial charge in [-0.25, -0.2) is 0 Å². The Hall–Kier alpha value is -3.32. The van der Waals surface area contributed by atoms with Gasteiger partial charge in [0, 0.05) is 38.9 Å². The van der Waals surface area contributed by atoms with Crippen LogP contribution in [0.2, 0.25) is 0 Å². The molecule has 0 fully saturated rings. The largest absolute Gasteiger partial charge is 0.295 e. The summed E-state index contributed by atoms with van der Waals surface area (Å²) in [6.07, 6.45) is 3.45. The summed E-state index contributed by atoms with van der Waals surface area (Å²) < 4.78 is 11.5. The monoisotopic (exact) mass is 598 g/mol. The van der Waals surface area contributed by atoms with Crippen LogP contribution in [-0.4, -0.2) is 36.7 Å². The highest BCUT2D eigenvalue weighted by atomic mass is 79.9. The van der Waals surface area contributed by atoms with Gasteiger partial charge in [-0.1, -0.05) is 58.4 Å². The summed E-state index contributed by atoms with van der Waals surface area (Å²) in [7, 11) is 2.72. The zero-order valence-electron chi connectivity index (χ0n) is 19.7. The van der Waals surface area contributed by atoms with Crippen LogP contribution in [0.5, 0.6) is 0 Å². The van der Waals surface area contributed by atoms with Crippen molar-refractivity contribution >= 4 is 50.0 Å². The Morgan fingerprint density at radius 2 is 1.41 bits per heavy atom. The number of H-pyrrole nitrogens is 2. The first-order chi connectivity index (χ1) is 18.0. The van der Waals surface area contributed by atoms with E-state index >= 15 is 0 Å². The number of nitrogens with one attached hydrogen (secondary N) is 2. The molecule has 0 radical (unpaired) electrons. The average molecular weight is 599 g/mol. The van der Waals surface area contributed by atoms with Gasteiger partial charge in [-0.3, -0.25) is 30.1 Å². The molecule has 0 saturated carbocycles. The van der Waals surface area contributed by atoms with Crippen molar-refractivity contribution in [2.24, 2.45) is 0 Å². The number of aromatic nitrogens is 4. The number of carbonyl (C=O) groups excluding carboxylic acids is 1. The number of Topliss-reactive ketones (excluding diaryl/α,β-unsaturated/α-hetero) is 1. The van der Waals surface area contributed by atoms with Crippen LogP contribution in [0, 0.1) is 0 Å². The molecule has 3 aromatic carbocycles. The molecule has 0 aliphatic carbocycles. The van der Waals surface area contributed by atoms with E-state index in [9.17, 15) is 9.36 Å². The highest BCUT2D eigenvalue weighted by Gasteiger charge is 1.99. The minimum Gasteiger partial charge on any atom is -0.295 e. The number of hydrogen-bond donors (Lipinski definition) is 4. The summed E-state index contributed by atoms with van der Waals surface area (Å²) in [5, 5.41) is 27.5. The molecule has 2 heterocycles. The summed E-state index contributed by atoms with van der Waals surface area (Å²) >= 11 is 3.28. The normalized spacial score (nSPS) is 9.65. The molecule has 0 amide bonds. The molecule has 0 saturated heterocycles. The third-order valence-electron chi connectivity index (χ3n) is 4.69. The van der Waals surface area contributed by atoms with Crippen molar-refractivity contribution in [2.45, 2.75) is 6.92 Å². The van der Waals surface area contributed by atoms with E-state index in [0.717, 1.165) is 32.3 Å². The Morgan fingerprint density at radius 1 is 0.838 bits per heavy atom. The molecule has 0 spiro atoms. The molecule has 4 N–H and O–H groups in total. The van der Waals surface area contributed by atoms with E-state index in [1.165, 1.54) is 10.9 Å². The van der Waals surface area contributed by atoms with E-state index < -0.39 is 0 Å². The second-order valence-electron chi connectivity index (χ2n) is 7.27. The Bertz CT molecular complexity index is 1380. The molecule has 1 atom stereocenters. The minimum atomic E-state index is 0.0462. The van der Waals surface area contributed by atoms with Crippen molar-refractivity contribution in [1.29, 1.82) is 0 Å². The van der Waals surface area contributed by atoms with Gasteiger partial charge in [0.15, 0.2) is 14.2 Å². The number of nitrogens with zero attached hydrogens (tertiary/aromatic N) is 2. The van der Waals surface area contributed by atoms with Crippen LogP contribution < -0.4 is 10.6 Å². The second kappa shape index (κ2) is 16.4. The fourth-order valence-electron chi connectivity index (χ4n) is 2.98. The van der Waals surface area contributed by atoms with Gasteiger partial charge in [0.05, 0.1) is 11.4 Å². The Labute approximate surface area is 226 Å². The topological polar surface area (TPSA) is 132 Å². The fraction of sp³-hybridized carbons (Fsp3) is 0.0385. The lowest BCUT2D eigenvalue weighted by molar-refractivity contribution is -0.176. The van der Waals surface area contributed by atoms with E-state index in [1.54, 1.807) is 25.4 Å². The highest BCUT2D eigenvalue weighted by molar-refractivity contribution is 9.10. The number of ketones is 1. The average Bonchev–Trinajstić information content (AvgIpc) is 3.66. The number of rotatable bonds is 4. The van der Waals surface area contributed by atoms with Crippen LogP contribution in [0.3, 0.4) is 0 Å². The first kappa shape index (κ1) is 29.9. The second-order valence-corrected chi connectivity index (χ2v) is 9.56. The molecule has 8 nitrogen and oxygen atoms in total. The maximum absolute atomic E-state index is 10.8.